The van der Waals surface area contributed by atoms with Crippen molar-refractivity contribution >= 4 is 11.7 Å². The maximum absolute atomic E-state index is 12.3. The number of oxime groups is 1. The third-order valence-electron chi connectivity index (χ3n) is 1.64. The summed E-state index contributed by atoms with van der Waals surface area (Å²) in [4.78, 5) is 10.5. The van der Waals surface area contributed by atoms with Crippen LogP contribution in [0.5, 0.6) is 0 Å². The Morgan fingerprint density at radius 1 is 1.57 bits per heavy atom. The minimum atomic E-state index is -2.87. The van der Waals surface area contributed by atoms with Gasteiger partial charge < -0.3 is 9.94 Å². The number of ether oxygens (including phenoxy) is 1. The number of hydrogen-bond acceptors (Lipinski definition) is 4. The minimum Gasteiger partial charge on any atom is -0.465 e. The van der Waals surface area contributed by atoms with Crippen LogP contribution in [-0.2, 0) is 9.53 Å². The van der Waals surface area contributed by atoms with Crippen LogP contribution in [0.25, 0.3) is 0 Å². The van der Waals surface area contributed by atoms with Gasteiger partial charge in [-0.3, -0.25) is 4.79 Å². The molecule has 0 fully saturated rings. The van der Waals surface area contributed by atoms with Gasteiger partial charge in [0.15, 0.2) is 0 Å². The summed E-state index contributed by atoms with van der Waals surface area (Å²) in [6.07, 6.45) is -2.87. The zero-order valence-corrected chi connectivity index (χ0v) is 8.25. The van der Waals surface area contributed by atoms with Crippen molar-refractivity contribution in [3.8, 4) is 0 Å². The molecule has 0 saturated heterocycles. The van der Waals surface area contributed by atoms with Gasteiger partial charge in [0.2, 0.25) is 0 Å². The van der Waals surface area contributed by atoms with Crippen molar-refractivity contribution in [3.05, 3.63) is 0 Å². The first-order valence-electron chi connectivity index (χ1n) is 3.95. The van der Waals surface area contributed by atoms with E-state index in [0.29, 0.717) is 0 Å². The number of esters is 1. The third-order valence-corrected chi connectivity index (χ3v) is 1.64. The minimum absolute atomic E-state index is 0.244. The summed E-state index contributed by atoms with van der Waals surface area (Å²) >= 11 is 0. The molecule has 0 aliphatic rings. The van der Waals surface area contributed by atoms with Gasteiger partial charge in [-0.05, 0) is 0 Å². The monoisotopic (exact) mass is 209 g/mol. The summed E-state index contributed by atoms with van der Waals surface area (Å²) in [6, 6.07) is 0. The van der Waals surface area contributed by atoms with Crippen molar-refractivity contribution in [2.75, 3.05) is 6.61 Å². The number of alkyl halides is 2. The van der Waals surface area contributed by atoms with Crippen LogP contribution in [0.15, 0.2) is 5.16 Å². The van der Waals surface area contributed by atoms with E-state index < -0.39 is 23.5 Å². The van der Waals surface area contributed by atoms with Crippen LogP contribution in [0.2, 0.25) is 0 Å². The lowest BCUT2D eigenvalue weighted by Gasteiger charge is -2.24. The first-order chi connectivity index (χ1) is 6.31. The Kier molecular flexibility index (Phi) is 4.46. The second-order valence-corrected chi connectivity index (χ2v) is 3.45. The zero-order chi connectivity index (χ0) is 11.4. The highest BCUT2D eigenvalue weighted by Crippen LogP contribution is 2.22. The number of carbonyl (C=O) groups is 1. The lowest BCUT2D eigenvalue weighted by atomic mass is 9.88. The van der Waals surface area contributed by atoms with Gasteiger partial charge in [-0.15, -0.1) is 0 Å². The van der Waals surface area contributed by atoms with Gasteiger partial charge in [0.25, 0.3) is 6.43 Å². The molecule has 0 aliphatic heterocycles. The van der Waals surface area contributed by atoms with Gasteiger partial charge in [0.1, 0.15) is 12.3 Å². The predicted octanol–water partition coefficient (Wildman–Crippen LogP) is 1.67. The Balaban J connectivity index is 4.50. The fourth-order valence-electron chi connectivity index (χ4n) is 0.830. The topological polar surface area (TPSA) is 58.9 Å². The van der Waals surface area contributed by atoms with Crippen LogP contribution < -0.4 is 0 Å². The second kappa shape index (κ2) is 4.88. The fraction of sp³-hybridized carbons (Fsp3) is 0.750. The standard InChI is InChI=1S/C8H13F2NO3/c1-5(12)14-4-8(2,3)6(11-13)7(9)10/h7,13H,4H2,1-3H3/b11-6-. The molecular weight excluding hydrogens is 196 g/mol. The Morgan fingerprint density at radius 2 is 2.07 bits per heavy atom. The smallest absolute Gasteiger partial charge is 0.302 e. The molecule has 0 heterocycles. The van der Waals surface area contributed by atoms with E-state index in [2.05, 4.69) is 9.89 Å². The van der Waals surface area contributed by atoms with Gasteiger partial charge in [-0.1, -0.05) is 19.0 Å². The van der Waals surface area contributed by atoms with E-state index in [9.17, 15) is 13.6 Å². The van der Waals surface area contributed by atoms with E-state index in [4.69, 9.17) is 5.21 Å². The van der Waals surface area contributed by atoms with E-state index in [0.717, 1.165) is 0 Å². The number of rotatable bonds is 4. The fourth-order valence-corrected chi connectivity index (χ4v) is 0.830. The molecule has 0 aromatic rings. The van der Waals surface area contributed by atoms with E-state index in [1.54, 1.807) is 0 Å². The lowest BCUT2D eigenvalue weighted by Crippen LogP contribution is -2.35. The van der Waals surface area contributed by atoms with Crippen molar-refractivity contribution in [1.82, 2.24) is 0 Å². The summed E-state index contributed by atoms with van der Waals surface area (Å²) in [7, 11) is 0. The highest BCUT2D eigenvalue weighted by atomic mass is 19.3. The number of nitrogens with zero attached hydrogens (tertiary/aromatic N) is 1. The summed E-state index contributed by atoms with van der Waals surface area (Å²) in [5.74, 6) is -0.565. The van der Waals surface area contributed by atoms with Crippen molar-refractivity contribution in [2.24, 2.45) is 10.6 Å². The van der Waals surface area contributed by atoms with Crippen LogP contribution in [-0.4, -0.2) is 29.9 Å². The predicted molar refractivity (Wildman–Crippen MR) is 45.6 cm³/mol. The lowest BCUT2D eigenvalue weighted by molar-refractivity contribution is -0.142. The molecule has 4 nitrogen and oxygen atoms in total. The van der Waals surface area contributed by atoms with Crippen molar-refractivity contribution in [2.45, 2.75) is 27.2 Å². The van der Waals surface area contributed by atoms with Gasteiger partial charge in [0, 0.05) is 12.3 Å². The summed E-state index contributed by atoms with van der Waals surface area (Å²) in [5, 5.41) is 10.9. The maximum Gasteiger partial charge on any atom is 0.302 e. The molecule has 0 rings (SSSR count). The first kappa shape index (κ1) is 12.8. The van der Waals surface area contributed by atoms with E-state index in [1.165, 1.54) is 20.8 Å². The molecule has 0 radical (unpaired) electrons. The van der Waals surface area contributed by atoms with Crippen LogP contribution >= 0.6 is 0 Å². The molecule has 6 heteroatoms. The average molecular weight is 209 g/mol. The van der Waals surface area contributed by atoms with Crippen LogP contribution in [0.3, 0.4) is 0 Å². The highest BCUT2D eigenvalue weighted by Gasteiger charge is 2.33. The van der Waals surface area contributed by atoms with Gasteiger partial charge in [-0.25, -0.2) is 8.78 Å². The van der Waals surface area contributed by atoms with Gasteiger partial charge >= 0.3 is 5.97 Å². The SMILES string of the molecule is CC(=O)OCC(C)(C)/C(=N\O)C(F)F. The Morgan fingerprint density at radius 3 is 2.36 bits per heavy atom. The van der Waals surface area contributed by atoms with Gasteiger partial charge in [-0.2, -0.15) is 0 Å². The number of halogens is 2. The molecule has 0 saturated carbocycles. The largest absolute Gasteiger partial charge is 0.465 e. The molecule has 0 amide bonds. The quantitative estimate of drug-likeness (QED) is 0.331. The third kappa shape index (κ3) is 3.68. The maximum atomic E-state index is 12.3. The molecule has 0 aromatic carbocycles. The van der Waals surface area contributed by atoms with E-state index >= 15 is 0 Å². The van der Waals surface area contributed by atoms with Crippen LogP contribution in [0, 0.1) is 5.41 Å². The van der Waals surface area contributed by atoms with Gasteiger partial charge in [0.05, 0.1) is 0 Å². The zero-order valence-electron chi connectivity index (χ0n) is 8.25. The average Bonchev–Trinajstić information content (AvgIpc) is 2.01. The molecule has 0 bridgehead atoms. The van der Waals surface area contributed by atoms with E-state index in [1.807, 2.05) is 0 Å². The first-order valence-corrected chi connectivity index (χ1v) is 3.95. The van der Waals surface area contributed by atoms with Crippen molar-refractivity contribution in [1.29, 1.82) is 0 Å². The molecular formula is C8H13F2NO3. The molecule has 0 aliphatic carbocycles. The summed E-state index contributed by atoms with van der Waals surface area (Å²) in [6.45, 7) is 3.73. The molecule has 0 unspecified atom stereocenters. The Hall–Kier alpha value is -1.20. The number of hydrogen-bond donors (Lipinski definition) is 1. The highest BCUT2D eigenvalue weighted by molar-refractivity contribution is 5.92. The Bertz CT molecular complexity index is 239. The normalized spacial score (nSPS) is 13.1. The molecule has 0 atom stereocenters. The number of carbonyl (C=O) groups excluding carboxylic acids is 1. The van der Waals surface area contributed by atoms with Crippen molar-refractivity contribution < 1.29 is 23.5 Å². The van der Waals surface area contributed by atoms with E-state index in [-0.39, 0.29) is 6.61 Å². The van der Waals surface area contributed by atoms with Crippen LogP contribution in [0.1, 0.15) is 20.8 Å². The molecule has 14 heavy (non-hydrogen) atoms. The summed E-state index contributed by atoms with van der Waals surface area (Å²) in [5.41, 5.74) is -1.87. The molecule has 0 spiro atoms. The van der Waals surface area contributed by atoms with Crippen molar-refractivity contribution in [3.63, 3.8) is 0 Å². The second-order valence-electron chi connectivity index (χ2n) is 3.45. The molecule has 1 N–H and O–H groups in total. The Labute approximate surface area is 80.5 Å². The summed E-state index contributed by atoms with van der Waals surface area (Å²) < 4.78 is 29.2. The molecule has 0 aromatic heterocycles. The van der Waals surface area contributed by atoms with Crippen LogP contribution in [0.4, 0.5) is 8.78 Å². The molecule has 82 valence electrons.